The van der Waals surface area contributed by atoms with Crippen molar-refractivity contribution in [3.8, 4) is 0 Å². The summed E-state index contributed by atoms with van der Waals surface area (Å²) in [6, 6.07) is 39.1. The van der Waals surface area contributed by atoms with Gasteiger partial charge in [-0.05, 0) is 24.3 Å². The van der Waals surface area contributed by atoms with Crippen molar-refractivity contribution in [1.82, 2.24) is 9.97 Å². The van der Waals surface area contributed by atoms with Gasteiger partial charge in [-0.2, -0.15) is 0 Å². The highest BCUT2D eigenvalue weighted by Crippen LogP contribution is 2.42. The molecule has 33 heavy (non-hydrogen) atoms. The van der Waals surface area contributed by atoms with Crippen LogP contribution >= 0.6 is 7.14 Å². The van der Waals surface area contributed by atoms with Crippen LogP contribution in [0, 0.1) is 0 Å². The summed E-state index contributed by atoms with van der Waals surface area (Å²) in [5.41, 5.74) is 2.35. The summed E-state index contributed by atoms with van der Waals surface area (Å²) >= 11 is 0. The molecule has 0 saturated carbocycles. The summed E-state index contributed by atoms with van der Waals surface area (Å²) in [7, 11) is -3.23. The molecule has 0 aliphatic rings. The fourth-order valence-corrected chi connectivity index (χ4v) is 6.35. The molecule has 0 fully saturated rings. The Labute approximate surface area is 193 Å². The fraction of sp³-hybridized carbons (Fsp3) is 0. The molecule has 0 spiro atoms. The van der Waals surface area contributed by atoms with Crippen molar-refractivity contribution in [3.63, 3.8) is 0 Å². The smallest absolute Gasteiger partial charge is 0.190 e. The Kier molecular flexibility index (Phi) is 5.84. The largest absolute Gasteiger partial charge is 0.307 e. The molecule has 5 heteroatoms. The van der Waals surface area contributed by atoms with Gasteiger partial charge in [-0.25, -0.2) is 4.98 Å². The van der Waals surface area contributed by atoms with E-state index in [1.54, 1.807) is 12.4 Å². The van der Waals surface area contributed by atoms with E-state index in [0.717, 1.165) is 22.0 Å². The zero-order valence-corrected chi connectivity index (χ0v) is 18.8. The highest BCUT2D eigenvalue weighted by Gasteiger charge is 2.32. The Morgan fingerprint density at radius 2 is 0.970 bits per heavy atom. The zero-order valence-electron chi connectivity index (χ0n) is 17.9. The average molecular weight is 447 g/mol. The van der Waals surface area contributed by atoms with Gasteiger partial charge in [-0.3, -0.25) is 9.88 Å². The first-order valence-electron chi connectivity index (χ1n) is 10.7. The Morgan fingerprint density at radius 1 is 0.545 bits per heavy atom. The summed E-state index contributed by atoms with van der Waals surface area (Å²) < 4.78 is 14.7. The van der Waals surface area contributed by atoms with Gasteiger partial charge in [0.1, 0.15) is 5.44 Å². The van der Waals surface area contributed by atoms with Gasteiger partial charge in [-0.15, -0.1) is 0 Å². The first-order chi connectivity index (χ1) is 16.3. The quantitative estimate of drug-likeness (QED) is 0.319. The van der Waals surface area contributed by atoms with Crippen LogP contribution in [0.15, 0.2) is 134 Å². The van der Waals surface area contributed by atoms with E-state index >= 15 is 0 Å². The third-order valence-electron chi connectivity index (χ3n) is 5.43. The standard InChI is InChI=1S/C28H22N3OP/c32-33(25-17-9-3-10-18-25,26-19-11-4-12-20-26)28-22-29-21-27(30-28)31(23-13-5-1-6-14-23)24-15-7-2-8-16-24/h1-22H. The van der Waals surface area contributed by atoms with Gasteiger partial charge in [0.05, 0.1) is 12.4 Å². The van der Waals surface area contributed by atoms with Crippen molar-refractivity contribution < 1.29 is 4.57 Å². The van der Waals surface area contributed by atoms with Gasteiger partial charge >= 0.3 is 0 Å². The Balaban J connectivity index is 1.71. The van der Waals surface area contributed by atoms with Gasteiger partial charge in [-0.1, -0.05) is 97.1 Å². The maximum atomic E-state index is 14.7. The molecule has 1 heterocycles. The summed E-state index contributed by atoms with van der Waals surface area (Å²) in [5.74, 6) is 0.608. The predicted octanol–water partition coefficient (Wildman–Crippen LogP) is 5.59. The van der Waals surface area contributed by atoms with Crippen LogP contribution in [-0.4, -0.2) is 9.97 Å². The van der Waals surface area contributed by atoms with Gasteiger partial charge < -0.3 is 4.57 Å². The lowest BCUT2D eigenvalue weighted by Crippen LogP contribution is -2.28. The maximum absolute atomic E-state index is 14.7. The molecule has 0 aliphatic heterocycles. The zero-order chi connectivity index (χ0) is 22.5. The lowest BCUT2D eigenvalue weighted by molar-refractivity contribution is 0.592. The molecular formula is C28H22N3OP. The van der Waals surface area contributed by atoms with Crippen molar-refractivity contribution in [1.29, 1.82) is 0 Å². The number of aromatic nitrogens is 2. The number of rotatable bonds is 6. The highest BCUT2D eigenvalue weighted by molar-refractivity contribution is 7.85. The molecule has 5 rings (SSSR count). The van der Waals surface area contributed by atoms with Gasteiger partial charge in [0.25, 0.3) is 0 Å². The number of hydrogen-bond donors (Lipinski definition) is 0. The Morgan fingerprint density at radius 3 is 1.42 bits per heavy atom. The Hall–Kier alpha value is -4.01. The molecule has 160 valence electrons. The van der Waals surface area contributed by atoms with E-state index < -0.39 is 7.14 Å². The topological polar surface area (TPSA) is 46.1 Å². The fourth-order valence-electron chi connectivity index (χ4n) is 3.86. The second kappa shape index (κ2) is 9.23. The lowest BCUT2D eigenvalue weighted by atomic mass is 10.2. The van der Waals surface area contributed by atoms with Crippen molar-refractivity contribution in [2.24, 2.45) is 0 Å². The maximum Gasteiger partial charge on any atom is 0.190 e. The van der Waals surface area contributed by atoms with E-state index in [1.165, 1.54) is 0 Å². The van der Waals surface area contributed by atoms with Crippen molar-refractivity contribution in [3.05, 3.63) is 134 Å². The lowest BCUT2D eigenvalue weighted by Gasteiger charge is -2.25. The van der Waals surface area contributed by atoms with Crippen LogP contribution in [-0.2, 0) is 4.57 Å². The van der Waals surface area contributed by atoms with E-state index in [2.05, 4.69) is 4.98 Å². The summed E-state index contributed by atoms with van der Waals surface area (Å²) in [6.45, 7) is 0. The second-order valence-electron chi connectivity index (χ2n) is 7.52. The summed E-state index contributed by atoms with van der Waals surface area (Å²) in [4.78, 5) is 11.5. The molecule has 0 aliphatic carbocycles. The van der Waals surface area contributed by atoms with E-state index in [0.29, 0.717) is 11.3 Å². The molecule has 1 aromatic heterocycles. The molecule has 5 aromatic rings. The first kappa shape index (κ1) is 20.9. The molecule has 0 bridgehead atoms. The first-order valence-corrected chi connectivity index (χ1v) is 12.4. The average Bonchev–Trinajstić information content (AvgIpc) is 2.91. The monoisotopic (exact) mass is 447 g/mol. The number of nitrogens with zero attached hydrogens (tertiary/aromatic N) is 3. The molecule has 4 aromatic carbocycles. The third kappa shape index (κ3) is 4.09. The molecule has 4 nitrogen and oxygen atoms in total. The minimum atomic E-state index is -3.23. The summed E-state index contributed by atoms with van der Waals surface area (Å²) in [5, 5.41) is 1.46. The van der Waals surface area contributed by atoms with E-state index in [-0.39, 0.29) is 0 Å². The normalized spacial score (nSPS) is 11.2. The second-order valence-corrected chi connectivity index (χ2v) is 10.2. The highest BCUT2D eigenvalue weighted by atomic mass is 31.2. The molecule has 0 amide bonds. The van der Waals surface area contributed by atoms with Crippen LogP contribution in [0.3, 0.4) is 0 Å². The predicted molar refractivity (Wildman–Crippen MR) is 136 cm³/mol. The molecule has 0 atom stereocenters. The number of para-hydroxylation sites is 2. The van der Waals surface area contributed by atoms with E-state index in [9.17, 15) is 4.57 Å². The van der Waals surface area contributed by atoms with Crippen LogP contribution in [0.25, 0.3) is 0 Å². The third-order valence-corrected chi connectivity index (χ3v) is 8.34. The molecule has 0 N–H and O–H groups in total. The molecular weight excluding hydrogens is 425 g/mol. The molecule has 0 unspecified atom stereocenters. The Bertz CT molecular complexity index is 1300. The number of anilines is 3. The van der Waals surface area contributed by atoms with Crippen molar-refractivity contribution >= 4 is 40.4 Å². The van der Waals surface area contributed by atoms with E-state index in [1.807, 2.05) is 126 Å². The van der Waals surface area contributed by atoms with Crippen LogP contribution in [0.1, 0.15) is 0 Å². The van der Waals surface area contributed by atoms with Crippen LogP contribution in [0.5, 0.6) is 0 Å². The van der Waals surface area contributed by atoms with Crippen LogP contribution in [0.2, 0.25) is 0 Å². The molecule has 0 saturated heterocycles. The van der Waals surface area contributed by atoms with Crippen molar-refractivity contribution in [2.45, 2.75) is 0 Å². The minimum Gasteiger partial charge on any atom is -0.307 e. The van der Waals surface area contributed by atoms with Gasteiger partial charge in [0.2, 0.25) is 0 Å². The van der Waals surface area contributed by atoms with Crippen LogP contribution in [0.4, 0.5) is 17.2 Å². The summed E-state index contributed by atoms with van der Waals surface area (Å²) in [6.07, 6.45) is 3.34. The minimum absolute atomic E-state index is 0.453. The SMILES string of the molecule is O=P(c1ccccc1)(c1ccccc1)c1cncc(N(c2ccccc2)c2ccccc2)n1. The van der Waals surface area contributed by atoms with Gasteiger partial charge in [0, 0.05) is 22.0 Å². The number of hydrogen-bond acceptors (Lipinski definition) is 4. The van der Waals surface area contributed by atoms with Crippen molar-refractivity contribution in [2.75, 3.05) is 4.90 Å². The molecule has 0 radical (unpaired) electrons. The number of benzene rings is 4. The van der Waals surface area contributed by atoms with Gasteiger partial charge in [0.15, 0.2) is 13.0 Å². The van der Waals surface area contributed by atoms with E-state index in [4.69, 9.17) is 4.98 Å². The van der Waals surface area contributed by atoms with Crippen LogP contribution < -0.4 is 20.9 Å².